The molecule has 0 unspecified atom stereocenters. The lowest BCUT2D eigenvalue weighted by Gasteiger charge is -2.40. The summed E-state index contributed by atoms with van der Waals surface area (Å²) >= 11 is 0. The smallest absolute Gasteiger partial charge is 0.317 e. The number of carbonyl (C=O) groups is 1. The summed E-state index contributed by atoms with van der Waals surface area (Å²) in [4.78, 5) is 13.7. The fraction of sp³-hybridized carbons (Fsp3) is 0.900. The molecule has 0 aromatic rings. The minimum Gasteiger partial charge on any atom is -0.468 e. The zero-order valence-corrected chi connectivity index (χ0v) is 9.21. The van der Waals surface area contributed by atoms with Crippen LogP contribution < -0.4 is 0 Å². The highest BCUT2D eigenvalue weighted by molar-refractivity contribution is 5.78. The maximum atomic E-state index is 11.5. The van der Waals surface area contributed by atoms with E-state index in [2.05, 4.69) is 11.8 Å². The van der Waals surface area contributed by atoms with Gasteiger partial charge in [-0.2, -0.15) is 0 Å². The molecule has 1 aliphatic heterocycles. The first-order valence-corrected chi connectivity index (χ1v) is 4.99. The van der Waals surface area contributed by atoms with Crippen molar-refractivity contribution in [2.45, 2.75) is 13.3 Å². The molecule has 1 aliphatic rings. The number of hydrogen-bond acceptors (Lipinski definition) is 4. The number of rotatable bonds is 5. The lowest BCUT2D eigenvalue weighted by atomic mass is 9.85. The Hall–Kier alpha value is -0.610. The van der Waals surface area contributed by atoms with Gasteiger partial charge in [0.25, 0.3) is 0 Å². The van der Waals surface area contributed by atoms with Crippen LogP contribution in [0.2, 0.25) is 0 Å². The Bertz CT molecular complexity index is 202. The molecule has 0 saturated carbocycles. The SMILES string of the molecule is CCCN(C)CC1(C(=O)OC)COC1. The number of carbonyl (C=O) groups excluding carboxylic acids is 1. The number of methoxy groups -OCH3 is 1. The Morgan fingerprint density at radius 2 is 2.21 bits per heavy atom. The first kappa shape index (κ1) is 11.5. The molecule has 4 heteroatoms. The summed E-state index contributed by atoms with van der Waals surface area (Å²) in [6, 6.07) is 0. The normalized spacial score (nSPS) is 19.1. The number of esters is 1. The Morgan fingerprint density at radius 1 is 1.57 bits per heavy atom. The third-order valence-corrected chi connectivity index (χ3v) is 2.55. The van der Waals surface area contributed by atoms with Crippen molar-refractivity contribution in [1.29, 1.82) is 0 Å². The van der Waals surface area contributed by atoms with Crippen LogP contribution in [-0.2, 0) is 14.3 Å². The molecule has 0 N–H and O–H groups in total. The van der Waals surface area contributed by atoms with Crippen molar-refractivity contribution >= 4 is 5.97 Å². The largest absolute Gasteiger partial charge is 0.468 e. The topological polar surface area (TPSA) is 38.8 Å². The molecular formula is C10H19NO3. The lowest BCUT2D eigenvalue weighted by molar-refractivity contribution is -0.186. The maximum absolute atomic E-state index is 11.5. The van der Waals surface area contributed by atoms with Gasteiger partial charge >= 0.3 is 5.97 Å². The van der Waals surface area contributed by atoms with Gasteiger partial charge in [-0.15, -0.1) is 0 Å². The molecule has 0 bridgehead atoms. The molecule has 0 amide bonds. The standard InChI is InChI=1S/C10H19NO3/c1-4-5-11(2)6-10(7-14-8-10)9(12)13-3/h4-8H2,1-3H3. The minimum absolute atomic E-state index is 0.147. The predicted octanol–water partition coefficient (Wildman–Crippen LogP) is 0.518. The van der Waals surface area contributed by atoms with Gasteiger partial charge in [-0.05, 0) is 20.0 Å². The molecular weight excluding hydrogens is 182 g/mol. The highest BCUT2D eigenvalue weighted by atomic mass is 16.5. The molecule has 82 valence electrons. The third kappa shape index (κ3) is 2.25. The van der Waals surface area contributed by atoms with Gasteiger partial charge in [0.15, 0.2) is 0 Å². The van der Waals surface area contributed by atoms with Gasteiger partial charge in [0.2, 0.25) is 0 Å². The van der Waals surface area contributed by atoms with Gasteiger partial charge < -0.3 is 14.4 Å². The van der Waals surface area contributed by atoms with E-state index in [0.29, 0.717) is 13.2 Å². The Labute approximate surface area is 85.2 Å². The zero-order valence-electron chi connectivity index (χ0n) is 9.21. The molecule has 0 atom stereocenters. The molecule has 1 saturated heterocycles. The van der Waals surface area contributed by atoms with Crippen LogP contribution in [0.1, 0.15) is 13.3 Å². The predicted molar refractivity (Wildman–Crippen MR) is 53.1 cm³/mol. The summed E-state index contributed by atoms with van der Waals surface area (Å²) in [6.45, 7) is 4.84. The number of ether oxygens (including phenoxy) is 2. The first-order valence-electron chi connectivity index (χ1n) is 4.99. The quantitative estimate of drug-likeness (QED) is 0.608. The molecule has 4 nitrogen and oxygen atoms in total. The van der Waals surface area contributed by atoms with Crippen molar-refractivity contribution in [3.05, 3.63) is 0 Å². The van der Waals surface area contributed by atoms with Crippen LogP contribution in [0.15, 0.2) is 0 Å². The summed E-state index contributed by atoms with van der Waals surface area (Å²) in [5.41, 5.74) is -0.404. The zero-order chi connectivity index (χ0) is 10.6. The van der Waals surface area contributed by atoms with Crippen LogP contribution in [0.5, 0.6) is 0 Å². The second-order valence-electron chi connectivity index (χ2n) is 4.00. The Morgan fingerprint density at radius 3 is 2.57 bits per heavy atom. The molecule has 14 heavy (non-hydrogen) atoms. The van der Waals surface area contributed by atoms with E-state index < -0.39 is 5.41 Å². The van der Waals surface area contributed by atoms with E-state index in [-0.39, 0.29) is 5.97 Å². The number of nitrogens with zero attached hydrogens (tertiary/aromatic N) is 1. The van der Waals surface area contributed by atoms with Crippen LogP contribution in [0.25, 0.3) is 0 Å². The molecule has 0 aliphatic carbocycles. The summed E-state index contributed by atoms with van der Waals surface area (Å²) in [6.07, 6.45) is 1.09. The van der Waals surface area contributed by atoms with Gasteiger partial charge in [-0.1, -0.05) is 6.92 Å². The highest BCUT2D eigenvalue weighted by Crippen LogP contribution is 2.29. The van der Waals surface area contributed by atoms with E-state index >= 15 is 0 Å². The minimum atomic E-state index is -0.404. The van der Waals surface area contributed by atoms with Crippen LogP contribution >= 0.6 is 0 Å². The first-order chi connectivity index (χ1) is 6.64. The van der Waals surface area contributed by atoms with Gasteiger partial charge in [-0.25, -0.2) is 0 Å². The van der Waals surface area contributed by atoms with Gasteiger partial charge in [-0.3, -0.25) is 4.79 Å². The molecule has 0 radical (unpaired) electrons. The Balaban J connectivity index is 2.49. The van der Waals surface area contributed by atoms with E-state index in [1.807, 2.05) is 7.05 Å². The average molecular weight is 201 g/mol. The second-order valence-corrected chi connectivity index (χ2v) is 4.00. The third-order valence-electron chi connectivity index (χ3n) is 2.55. The lowest BCUT2D eigenvalue weighted by Crippen LogP contribution is -2.55. The Kier molecular flexibility index (Phi) is 3.89. The summed E-state index contributed by atoms with van der Waals surface area (Å²) < 4.78 is 9.90. The van der Waals surface area contributed by atoms with Crippen molar-refractivity contribution in [3.8, 4) is 0 Å². The molecule has 0 spiro atoms. The van der Waals surface area contributed by atoms with Gasteiger partial charge in [0.1, 0.15) is 5.41 Å². The monoisotopic (exact) mass is 201 g/mol. The van der Waals surface area contributed by atoms with Crippen molar-refractivity contribution in [1.82, 2.24) is 4.90 Å². The van der Waals surface area contributed by atoms with E-state index in [0.717, 1.165) is 19.5 Å². The van der Waals surface area contributed by atoms with Crippen molar-refractivity contribution in [2.75, 3.05) is 40.5 Å². The second kappa shape index (κ2) is 4.75. The molecule has 1 fully saturated rings. The fourth-order valence-electron chi connectivity index (χ4n) is 1.82. The van der Waals surface area contributed by atoms with Gasteiger partial charge in [0.05, 0.1) is 20.3 Å². The maximum Gasteiger partial charge on any atom is 0.317 e. The summed E-state index contributed by atoms with van der Waals surface area (Å²) in [5, 5.41) is 0. The molecule has 0 aromatic carbocycles. The van der Waals surface area contributed by atoms with Crippen LogP contribution in [0, 0.1) is 5.41 Å². The van der Waals surface area contributed by atoms with Crippen molar-refractivity contribution in [3.63, 3.8) is 0 Å². The molecule has 1 heterocycles. The van der Waals surface area contributed by atoms with E-state index in [1.165, 1.54) is 7.11 Å². The van der Waals surface area contributed by atoms with E-state index in [4.69, 9.17) is 9.47 Å². The number of hydrogen-bond donors (Lipinski definition) is 0. The van der Waals surface area contributed by atoms with Crippen LogP contribution in [0.4, 0.5) is 0 Å². The fourth-order valence-corrected chi connectivity index (χ4v) is 1.82. The average Bonchev–Trinajstić information content (AvgIpc) is 2.10. The van der Waals surface area contributed by atoms with Crippen molar-refractivity contribution in [2.24, 2.45) is 5.41 Å². The highest BCUT2D eigenvalue weighted by Gasteiger charge is 2.47. The van der Waals surface area contributed by atoms with E-state index in [1.54, 1.807) is 0 Å². The summed E-state index contributed by atoms with van der Waals surface area (Å²) in [5.74, 6) is -0.147. The summed E-state index contributed by atoms with van der Waals surface area (Å²) in [7, 11) is 3.45. The van der Waals surface area contributed by atoms with E-state index in [9.17, 15) is 4.79 Å². The molecule has 1 rings (SSSR count). The van der Waals surface area contributed by atoms with Crippen molar-refractivity contribution < 1.29 is 14.3 Å². The van der Waals surface area contributed by atoms with Gasteiger partial charge in [0, 0.05) is 6.54 Å². The van der Waals surface area contributed by atoms with Crippen LogP contribution in [-0.4, -0.2) is 51.3 Å². The molecule has 0 aromatic heterocycles. The van der Waals surface area contributed by atoms with Crippen LogP contribution in [0.3, 0.4) is 0 Å².